The number of aliphatic imine (C=N–C) groups is 2. The molecule has 4 nitrogen and oxygen atoms in total. The number of hydrogen-bond donors (Lipinski definition) is 0. The summed E-state index contributed by atoms with van der Waals surface area (Å²) in [5.41, 5.74) is 6.23. The van der Waals surface area contributed by atoms with E-state index in [-0.39, 0.29) is 64.4 Å². The summed E-state index contributed by atoms with van der Waals surface area (Å²) in [4.78, 5) is 14.5. The molecule has 0 bridgehead atoms. The predicted octanol–water partition coefficient (Wildman–Crippen LogP) is 15.7. The maximum absolute atomic E-state index is 14.4. The molecule has 4 aromatic rings. The number of benzene rings is 4. The van der Waals surface area contributed by atoms with Gasteiger partial charge >= 0.3 is 12.4 Å². The monoisotopic (exact) mass is 866 g/mol. The molecule has 11 heteroatoms. The van der Waals surface area contributed by atoms with Crippen molar-refractivity contribution in [2.24, 2.45) is 9.98 Å². The van der Waals surface area contributed by atoms with E-state index in [1.807, 2.05) is 13.0 Å². The standard InChI is InChI=1S/C50H61ClF6N4/c1-13-34-20-33(12)45(43(51)21-34)58-47(36-22-37(49(52,53)54)26-38(23-36)50(55,56)57)60-18-15-19-61(27-60)48(59-46-39(29(4)5)16-14-17-40(46)30(6)7)44-41(31(8)9)24-35(28(2)3)25-42(44)32(10)11/h14,16-17,20-26,28-32H,13,15,18-19,27H2,1-12H3. The molecule has 0 saturated carbocycles. The molecule has 0 spiro atoms. The highest BCUT2D eigenvalue weighted by Gasteiger charge is 2.38. The van der Waals surface area contributed by atoms with Crippen molar-refractivity contribution in [3.05, 3.63) is 127 Å². The molecule has 0 atom stereocenters. The van der Waals surface area contributed by atoms with E-state index in [1.54, 1.807) is 17.9 Å². The van der Waals surface area contributed by atoms with E-state index in [9.17, 15) is 26.3 Å². The third kappa shape index (κ3) is 10.8. The van der Waals surface area contributed by atoms with Crippen LogP contribution in [0.1, 0.15) is 173 Å². The van der Waals surface area contributed by atoms with Crippen LogP contribution < -0.4 is 0 Å². The summed E-state index contributed by atoms with van der Waals surface area (Å²) in [6.45, 7) is 26.3. The maximum Gasteiger partial charge on any atom is 0.416 e. The first-order chi connectivity index (χ1) is 28.4. The lowest BCUT2D eigenvalue weighted by Crippen LogP contribution is -2.50. The second kappa shape index (κ2) is 19.0. The van der Waals surface area contributed by atoms with Gasteiger partial charge in [0.2, 0.25) is 0 Å². The Morgan fingerprint density at radius 2 is 1.10 bits per heavy atom. The summed E-state index contributed by atoms with van der Waals surface area (Å²) in [7, 11) is 0. The second-order valence-corrected chi connectivity index (χ2v) is 18.3. The Balaban J connectivity index is 1.87. The number of alkyl halides is 6. The van der Waals surface area contributed by atoms with Gasteiger partial charge in [-0.05, 0) is 113 Å². The lowest BCUT2D eigenvalue weighted by atomic mass is 9.83. The van der Waals surface area contributed by atoms with Crippen molar-refractivity contribution in [2.75, 3.05) is 19.8 Å². The molecule has 0 aliphatic carbocycles. The minimum Gasteiger partial charge on any atom is -0.338 e. The quantitative estimate of drug-likeness (QED) is 0.0903. The van der Waals surface area contributed by atoms with Gasteiger partial charge in [-0.2, -0.15) is 26.3 Å². The molecular weight excluding hydrogens is 806 g/mol. The molecule has 1 heterocycles. The van der Waals surface area contributed by atoms with Gasteiger partial charge in [-0.15, -0.1) is 0 Å². The van der Waals surface area contributed by atoms with E-state index in [0.29, 0.717) is 37.3 Å². The molecule has 0 unspecified atom stereocenters. The Hall–Kier alpha value is -4.31. The van der Waals surface area contributed by atoms with Crippen LogP contribution in [0, 0.1) is 6.92 Å². The van der Waals surface area contributed by atoms with Crippen LogP contribution in [0.2, 0.25) is 5.02 Å². The second-order valence-electron chi connectivity index (χ2n) is 17.9. The molecule has 1 aliphatic rings. The van der Waals surface area contributed by atoms with Crippen molar-refractivity contribution in [2.45, 2.75) is 138 Å². The SMILES string of the molecule is CCc1cc(C)c(N=C(c2cc(C(F)(F)F)cc(C(F)(F)F)c2)N2CCCN(C(=Nc3c(C(C)C)cccc3C(C)C)c3c(C(C)C)cc(C(C)C)cc3C(C)C)C2)c(Cl)c1. The number of rotatable bonds is 10. The van der Waals surface area contributed by atoms with Crippen molar-refractivity contribution in [3.8, 4) is 0 Å². The van der Waals surface area contributed by atoms with Gasteiger partial charge in [-0.1, -0.05) is 124 Å². The fourth-order valence-corrected chi connectivity index (χ4v) is 8.38. The maximum atomic E-state index is 14.4. The molecule has 1 fully saturated rings. The number of para-hydroxylation sites is 1. The van der Waals surface area contributed by atoms with Crippen molar-refractivity contribution in [1.29, 1.82) is 0 Å². The molecule has 5 rings (SSSR count). The first kappa shape index (κ1) is 47.7. The van der Waals surface area contributed by atoms with Crippen LogP contribution in [0.5, 0.6) is 0 Å². The van der Waals surface area contributed by atoms with E-state index in [4.69, 9.17) is 21.6 Å². The lowest BCUT2D eigenvalue weighted by molar-refractivity contribution is -0.143. The Bertz CT molecular complexity index is 2150. The van der Waals surface area contributed by atoms with Gasteiger partial charge < -0.3 is 9.80 Å². The summed E-state index contributed by atoms with van der Waals surface area (Å²) < 4.78 is 86.6. The van der Waals surface area contributed by atoms with Crippen LogP contribution in [-0.4, -0.2) is 41.2 Å². The lowest BCUT2D eigenvalue weighted by Gasteiger charge is -2.41. The molecule has 61 heavy (non-hydrogen) atoms. The van der Waals surface area contributed by atoms with Gasteiger partial charge in [-0.25, -0.2) is 9.98 Å². The minimum atomic E-state index is -5.05. The smallest absolute Gasteiger partial charge is 0.338 e. The van der Waals surface area contributed by atoms with Crippen LogP contribution in [0.3, 0.4) is 0 Å². The summed E-state index contributed by atoms with van der Waals surface area (Å²) in [5, 5.41) is 0.258. The summed E-state index contributed by atoms with van der Waals surface area (Å²) >= 11 is 6.84. The topological polar surface area (TPSA) is 31.2 Å². The van der Waals surface area contributed by atoms with Crippen LogP contribution in [0.4, 0.5) is 37.7 Å². The Kier molecular flexibility index (Phi) is 14.8. The average Bonchev–Trinajstić information content (AvgIpc) is 3.18. The van der Waals surface area contributed by atoms with Crippen LogP contribution in [0.25, 0.3) is 0 Å². The molecule has 330 valence electrons. The number of nitrogens with zero attached hydrogens (tertiary/aromatic N) is 4. The Morgan fingerprint density at radius 1 is 0.623 bits per heavy atom. The molecule has 1 aliphatic heterocycles. The van der Waals surface area contributed by atoms with E-state index >= 15 is 0 Å². The van der Waals surface area contributed by atoms with E-state index in [0.717, 1.165) is 51.2 Å². The van der Waals surface area contributed by atoms with Crippen LogP contribution in [-0.2, 0) is 18.8 Å². The van der Waals surface area contributed by atoms with Gasteiger partial charge in [0.05, 0.1) is 34.2 Å². The average molecular weight is 868 g/mol. The largest absolute Gasteiger partial charge is 0.416 e. The number of amidine groups is 2. The van der Waals surface area contributed by atoms with Crippen molar-refractivity contribution < 1.29 is 26.3 Å². The van der Waals surface area contributed by atoms with E-state index < -0.39 is 23.5 Å². The van der Waals surface area contributed by atoms with Crippen molar-refractivity contribution in [3.63, 3.8) is 0 Å². The first-order valence-corrected chi connectivity index (χ1v) is 21.9. The fraction of sp³-hybridized carbons (Fsp3) is 0.480. The third-order valence-electron chi connectivity index (χ3n) is 11.5. The number of aryl methyl sites for hydroxylation is 2. The first-order valence-electron chi connectivity index (χ1n) is 21.5. The molecular formula is C50H61ClF6N4. The Morgan fingerprint density at radius 3 is 1.52 bits per heavy atom. The summed E-state index contributed by atoms with van der Waals surface area (Å²) in [6.07, 6.45) is -8.90. The minimum absolute atomic E-state index is 0.0383. The fourth-order valence-electron chi connectivity index (χ4n) is 8.05. The molecule has 0 N–H and O–H groups in total. The number of hydrogen-bond acceptors (Lipinski definition) is 2. The summed E-state index contributed by atoms with van der Waals surface area (Å²) in [5.74, 6) is 1.42. The molecule has 0 aromatic heterocycles. The van der Waals surface area contributed by atoms with Crippen LogP contribution in [0.15, 0.2) is 70.6 Å². The molecule has 0 radical (unpaired) electrons. The Labute approximate surface area is 364 Å². The molecule has 0 amide bonds. The van der Waals surface area contributed by atoms with Gasteiger partial charge in [0.1, 0.15) is 11.7 Å². The van der Waals surface area contributed by atoms with Crippen LogP contribution >= 0.6 is 11.6 Å². The highest BCUT2D eigenvalue weighted by Crippen LogP contribution is 2.41. The normalized spacial score (nSPS) is 14.8. The van der Waals surface area contributed by atoms with E-state index in [2.05, 4.69) is 104 Å². The van der Waals surface area contributed by atoms with Gasteiger partial charge in [0.25, 0.3) is 0 Å². The molecule has 1 saturated heterocycles. The van der Waals surface area contributed by atoms with Gasteiger partial charge in [0, 0.05) is 24.2 Å². The zero-order chi connectivity index (χ0) is 45.3. The highest BCUT2D eigenvalue weighted by molar-refractivity contribution is 6.33. The van der Waals surface area contributed by atoms with Gasteiger partial charge in [0.15, 0.2) is 0 Å². The zero-order valence-corrected chi connectivity index (χ0v) is 38.4. The summed E-state index contributed by atoms with van der Waals surface area (Å²) in [6, 6.07) is 16.1. The number of halogens is 7. The van der Waals surface area contributed by atoms with Gasteiger partial charge in [-0.3, -0.25) is 0 Å². The highest BCUT2D eigenvalue weighted by atomic mass is 35.5. The molecule has 4 aromatic carbocycles. The van der Waals surface area contributed by atoms with Crippen molar-refractivity contribution in [1.82, 2.24) is 9.80 Å². The van der Waals surface area contributed by atoms with Crippen molar-refractivity contribution >= 4 is 34.6 Å². The predicted molar refractivity (Wildman–Crippen MR) is 241 cm³/mol. The third-order valence-corrected chi connectivity index (χ3v) is 11.8. The zero-order valence-electron chi connectivity index (χ0n) is 37.6. The van der Waals surface area contributed by atoms with E-state index in [1.165, 1.54) is 5.56 Å².